The molecule has 0 heterocycles. The van der Waals surface area contributed by atoms with Gasteiger partial charge in [0.15, 0.2) is 0 Å². The zero-order valence-electron chi connectivity index (χ0n) is 7.40. The largest absolute Gasteiger partial charge is 0.317 e. The molecule has 1 amide bonds. The minimum Gasteiger partial charge on any atom is -0.317 e. The third-order valence-corrected chi connectivity index (χ3v) is 2.11. The molecule has 0 saturated carbocycles. The third-order valence-electron chi connectivity index (χ3n) is 2.00. The number of benzene rings is 2. The van der Waals surface area contributed by atoms with Crippen molar-refractivity contribution < 1.29 is 4.79 Å². The number of anilines is 1. The summed E-state index contributed by atoms with van der Waals surface area (Å²) >= 11 is 3.65. The summed E-state index contributed by atoms with van der Waals surface area (Å²) in [5.74, 6) is 0. The van der Waals surface area contributed by atoms with Crippen LogP contribution in [0.25, 0.3) is 10.8 Å². The fraction of sp³-hybridized carbons (Fsp3) is 0. The van der Waals surface area contributed by atoms with Crippen LogP contribution < -0.4 is 5.32 Å². The molecule has 0 aliphatic heterocycles. The Bertz CT molecular complexity index is 481. The molecular formula is C11H9NOS. The van der Waals surface area contributed by atoms with Gasteiger partial charge in [-0.2, -0.15) is 0 Å². The van der Waals surface area contributed by atoms with Crippen LogP contribution >= 0.6 is 12.6 Å². The fourth-order valence-electron chi connectivity index (χ4n) is 1.39. The second kappa shape index (κ2) is 3.72. The highest BCUT2D eigenvalue weighted by Crippen LogP contribution is 2.18. The summed E-state index contributed by atoms with van der Waals surface area (Å²) in [5.41, 5.74) is 0.767. The SMILES string of the molecule is O=C(S)Nc1ccc2ccccc2c1. The number of carbonyl (C=O) groups is 1. The Kier molecular flexibility index (Phi) is 2.41. The lowest BCUT2D eigenvalue weighted by atomic mass is 10.1. The molecule has 1 N–H and O–H groups in total. The molecule has 2 rings (SSSR count). The lowest BCUT2D eigenvalue weighted by Gasteiger charge is -2.02. The Labute approximate surface area is 87.3 Å². The number of fused-ring (bicyclic) bond motifs is 1. The molecular weight excluding hydrogens is 194 g/mol. The monoisotopic (exact) mass is 203 g/mol. The Morgan fingerprint density at radius 3 is 2.50 bits per heavy atom. The van der Waals surface area contributed by atoms with E-state index in [2.05, 4.69) is 17.9 Å². The van der Waals surface area contributed by atoms with Crippen LogP contribution in [0, 0.1) is 0 Å². The molecule has 0 bridgehead atoms. The van der Waals surface area contributed by atoms with Crippen molar-refractivity contribution in [3.8, 4) is 0 Å². The highest BCUT2D eigenvalue weighted by atomic mass is 32.1. The average Bonchev–Trinajstić information content (AvgIpc) is 2.17. The van der Waals surface area contributed by atoms with Crippen LogP contribution in [0.15, 0.2) is 42.5 Å². The highest BCUT2D eigenvalue weighted by molar-refractivity contribution is 7.96. The van der Waals surface area contributed by atoms with Crippen LogP contribution in [0.1, 0.15) is 0 Å². The maximum Gasteiger partial charge on any atom is 0.280 e. The summed E-state index contributed by atoms with van der Waals surface area (Å²) < 4.78 is 0. The van der Waals surface area contributed by atoms with Crippen LogP contribution in [0.2, 0.25) is 0 Å². The van der Waals surface area contributed by atoms with Gasteiger partial charge in [0.25, 0.3) is 5.24 Å². The van der Waals surface area contributed by atoms with Crippen LogP contribution in [-0.2, 0) is 0 Å². The van der Waals surface area contributed by atoms with E-state index >= 15 is 0 Å². The molecule has 0 aliphatic rings. The average molecular weight is 203 g/mol. The third kappa shape index (κ3) is 1.88. The minimum atomic E-state index is -0.347. The van der Waals surface area contributed by atoms with E-state index in [0.717, 1.165) is 16.5 Å². The van der Waals surface area contributed by atoms with Crippen molar-refractivity contribution in [3.63, 3.8) is 0 Å². The first kappa shape index (κ1) is 9.09. The van der Waals surface area contributed by atoms with Crippen LogP contribution in [0.3, 0.4) is 0 Å². The number of rotatable bonds is 1. The van der Waals surface area contributed by atoms with Crippen molar-refractivity contribution in [2.45, 2.75) is 0 Å². The molecule has 0 saturated heterocycles. The second-order valence-corrected chi connectivity index (χ2v) is 3.40. The number of hydrogen-bond acceptors (Lipinski definition) is 1. The first-order chi connectivity index (χ1) is 6.75. The molecule has 0 aromatic heterocycles. The topological polar surface area (TPSA) is 29.1 Å². The van der Waals surface area contributed by atoms with E-state index < -0.39 is 0 Å². The molecule has 2 nitrogen and oxygen atoms in total. The molecule has 3 heteroatoms. The number of carbonyl (C=O) groups excluding carboxylic acids is 1. The fourth-order valence-corrected chi connectivity index (χ4v) is 1.52. The van der Waals surface area contributed by atoms with Crippen molar-refractivity contribution in [2.75, 3.05) is 5.32 Å². The van der Waals surface area contributed by atoms with Gasteiger partial charge in [-0.25, -0.2) is 0 Å². The molecule has 2 aromatic carbocycles. The van der Waals surface area contributed by atoms with E-state index in [-0.39, 0.29) is 5.24 Å². The van der Waals surface area contributed by atoms with Gasteiger partial charge in [0, 0.05) is 5.69 Å². The zero-order chi connectivity index (χ0) is 9.97. The van der Waals surface area contributed by atoms with Crippen LogP contribution in [0.5, 0.6) is 0 Å². The van der Waals surface area contributed by atoms with Gasteiger partial charge in [0.1, 0.15) is 0 Å². The second-order valence-electron chi connectivity index (χ2n) is 2.99. The highest BCUT2D eigenvalue weighted by Gasteiger charge is 1.97. The molecule has 0 radical (unpaired) electrons. The maximum absolute atomic E-state index is 10.7. The lowest BCUT2D eigenvalue weighted by Crippen LogP contribution is -2.00. The Hall–Kier alpha value is -1.48. The van der Waals surface area contributed by atoms with Gasteiger partial charge in [-0.1, -0.05) is 43.0 Å². The van der Waals surface area contributed by atoms with Crippen LogP contribution in [0.4, 0.5) is 10.5 Å². The zero-order valence-corrected chi connectivity index (χ0v) is 8.29. The number of nitrogens with one attached hydrogen (secondary N) is 1. The molecule has 0 spiro atoms. The Morgan fingerprint density at radius 1 is 1.07 bits per heavy atom. The first-order valence-electron chi connectivity index (χ1n) is 4.24. The van der Waals surface area contributed by atoms with Crippen molar-refractivity contribution in [1.82, 2.24) is 0 Å². The molecule has 0 atom stereocenters. The summed E-state index contributed by atoms with van der Waals surface area (Å²) in [5, 5.41) is 4.54. The first-order valence-corrected chi connectivity index (χ1v) is 4.69. The van der Waals surface area contributed by atoms with E-state index in [4.69, 9.17) is 0 Å². The van der Waals surface area contributed by atoms with Crippen LogP contribution in [-0.4, -0.2) is 5.24 Å². The van der Waals surface area contributed by atoms with E-state index in [1.165, 1.54) is 0 Å². The molecule has 14 heavy (non-hydrogen) atoms. The minimum absolute atomic E-state index is 0.347. The molecule has 0 fully saturated rings. The van der Waals surface area contributed by atoms with Gasteiger partial charge >= 0.3 is 0 Å². The summed E-state index contributed by atoms with van der Waals surface area (Å²) in [4.78, 5) is 10.7. The van der Waals surface area contributed by atoms with Gasteiger partial charge in [-0.3, -0.25) is 4.79 Å². The number of hydrogen-bond donors (Lipinski definition) is 2. The quantitative estimate of drug-likeness (QED) is 0.684. The van der Waals surface area contributed by atoms with Gasteiger partial charge in [-0.15, -0.1) is 0 Å². The van der Waals surface area contributed by atoms with Gasteiger partial charge in [-0.05, 0) is 22.9 Å². The van der Waals surface area contributed by atoms with Gasteiger partial charge < -0.3 is 5.32 Å². The van der Waals surface area contributed by atoms with Crippen molar-refractivity contribution in [1.29, 1.82) is 0 Å². The summed E-state index contributed by atoms with van der Waals surface area (Å²) in [6.45, 7) is 0. The Morgan fingerprint density at radius 2 is 1.79 bits per heavy atom. The van der Waals surface area contributed by atoms with E-state index in [1.807, 2.05) is 42.5 Å². The predicted molar refractivity (Wildman–Crippen MR) is 62.0 cm³/mol. The summed E-state index contributed by atoms with van der Waals surface area (Å²) in [6, 6.07) is 13.7. The molecule has 70 valence electrons. The number of thiol groups is 1. The summed E-state index contributed by atoms with van der Waals surface area (Å²) in [6.07, 6.45) is 0. The predicted octanol–water partition coefficient (Wildman–Crippen LogP) is 3.30. The smallest absolute Gasteiger partial charge is 0.280 e. The van der Waals surface area contributed by atoms with E-state index in [0.29, 0.717) is 0 Å². The lowest BCUT2D eigenvalue weighted by molar-refractivity contribution is 0.270. The molecule has 0 aliphatic carbocycles. The van der Waals surface area contributed by atoms with E-state index in [1.54, 1.807) is 0 Å². The summed E-state index contributed by atoms with van der Waals surface area (Å²) in [7, 11) is 0. The Balaban J connectivity index is 2.46. The van der Waals surface area contributed by atoms with Crippen molar-refractivity contribution in [2.24, 2.45) is 0 Å². The molecule has 2 aromatic rings. The number of amides is 1. The van der Waals surface area contributed by atoms with Crippen molar-refractivity contribution in [3.05, 3.63) is 42.5 Å². The van der Waals surface area contributed by atoms with E-state index in [9.17, 15) is 4.79 Å². The van der Waals surface area contributed by atoms with Crippen molar-refractivity contribution >= 4 is 34.3 Å². The van der Waals surface area contributed by atoms with Gasteiger partial charge in [0.05, 0.1) is 0 Å². The normalized spacial score (nSPS) is 10.1. The maximum atomic E-state index is 10.7. The van der Waals surface area contributed by atoms with Gasteiger partial charge in [0.2, 0.25) is 0 Å². The standard InChI is InChI=1S/C11H9NOS/c13-11(14)12-10-6-5-8-3-1-2-4-9(8)7-10/h1-7H,(H2,12,13,14). The molecule has 0 unspecified atom stereocenters.